The highest BCUT2D eigenvalue weighted by atomic mass is 32.2. The third-order valence-corrected chi connectivity index (χ3v) is 5.24. The van der Waals surface area contributed by atoms with Gasteiger partial charge in [0.05, 0.1) is 9.82 Å². The van der Waals surface area contributed by atoms with E-state index in [0.29, 0.717) is 0 Å². The number of nitrogens with zero attached hydrogens (tertiary/aromatic N) is 1. The number of para-hydroxylation sites is 1. The quantitative estimate of drug-likeness (QED) is 0.569. The van der Waals surface area contributed by atoms with Gasteiger partial charge in [-0.3, -0.25) is 14.9 Å². The Kier molecular flexibility index (Phi) is 3.57. The summed E-state index contributed by atoms with van der Waals surface area (Å²) in [6, 6.07) is 10.6. The van der Waals surface area contributed by atoms with E-state index in [1.165, 1.54) is 12.1 Å². The van der Waals surface area contributed by atoms with Crippen LogP contribution in [0, 0.1) is 10.1 Å². The van der Waals surface area contributed by atoms with E-state index in [2.05, 4.69) is 0 Å². The average Bonchev–Trinajstić information content (AvgIpc) is 2.95. The van der Waals surface area contributed by atoms with Crippen molar-refractivity contribution in [2.75, 3.05) is 0 Å². The van der Waals surface area contributed by atoms with Gasteiger partial charge in [0, 0.05) is 17.5 Å². The second-order valence-corrected chi connectivity index (χ2v) is 6.76. The first-order valence-corrected chi connectivity index (χ1v) is 8.11. The number of non-ortho nitro benzene ring substituents is 1. The van der Waals surface area contributed by atoms with Crippen molar-refractivity contribution in [3.8, 4) is 0 Å². The van der Waals surface area contributed by atoms with Crippen molar-refractivity contribution in [2.24, 2.45) is 5.73 Å². The van der Waals surface area contributed by atoms with Crippen molar-refractivity contribution in [1.29, 1.82) is 0 Å². The first-order valence-electron chi connectivity index (χ1n) is 6.63. The fourth-order valence-electron chi connectivity index (χ4n) is 2.32. The molecule has 3 aromatic rings. The van der Waals surface area contributed by atoms with Crippen molar-refractivity contribution in [3.05, 3.63) is 64.4 Å². The van der Waals surface area contributed by atoms with Crippen LogP contribution in [0.3, 0.4) is 0 Å². The molecule has 0 atom stereocenters. The number of nitro groups is 1. The van der Waals surface area contributed by atoms with Crippen LogP contribution >= 0.6 is 0 Å². The lowest BCUT2D eigenvalue weighted by atomic mass is 10.2. The van der Waals surface area contributed by atoms with Gasteiger partial charge >= 0.3 is 0 Å². The van der Waals surface area contributed by atoms with Gasteiger partial charge in [0.15, 0.2) is 0 Å². The van der Waals surface area contributed by atoms with Gasteiger partial charge in [-0.15, -0.1) is 0 Å². The molecule has 2 N–H and O–H groups in total. The number of carbonyl (C=O) groups is 1. The Balaban J connectivity index is 2.26. The van der Waals surface area contributed by atoms with Gasteiger partial charge in [0.25, 0.3) is 11.6 Å². The Morgan fingerprint density at radius 2 is 1.71 bits per heavy atom. The maximum absolute atomic E-state index is 12.9. The zero-order valence-corrected chi connectivity index (χ0v) is 12.8. The number of nitrogens with two attached hydrogens (primary N) is 1. The highest BCUT2D eigenvalue weighted by molar-refractivity contribution is 7.91. The highest BCUT2D eigenvalue weighted by Gasteiger charge is 2.30. The van der Waals surface area contributed by atoms with Crippen molar-refractivity contribution >= 4 is 32.4 Å². The Morgan fingerprint density at radius 3 is 2.29 bits per heavy atom. The Morgan fingerprint density at radius 1 is 1.08 bits per heavy atom. The standard InChI is InChI=1S/C15H10N2O6S/c16-15(18)13-14(11-3-1-2-4-12(11)23-13)24(21,22)10-7-5-9(6-8-10)17(19)20/h1-8H,(H2,16,18). The third kappa shape index (κ3) is 2.40. The number of fused-ring (bicyclic) bond motifs is 1. The number of hydrogen-bond acceptors (Lipinski definition) is 6. The molecule has 0 unspecified atom stereocenters. The first kappa shape index (κ1) is 15.7. The summed E-state index contributed by atoms with van der Waals surface area (Å²) in [4.78, 5) is 21.1. The van der Waals surface area contributed by atoms with E-state index in [9.17, 15) is 23.3 Å². The lowest BCUT2D eigenvalue weighted by Crippen LogP contribution is -2.14. The van der Waals surface area contributed by atoms with E-state index in [1.807, 2.05) is 0 Å². The van der Waals surface area contributed by atoms with E-state index in [1.54, 1.807) is 12.1 Å². The first-order chi connectivity index (χ1) is 11.3. The van der Waals surface area contributed by atoms with Crippen molar-refractivity contribution in [1.82, 2.24) is 0 Å². The van der Waals surface area contributed by atoms with Crippen LogP contribution in [0.4, 0.5) is 5.69 Å². The number of amides is 1. The molecule has 0 aliphatic carbocycles. The second-order valence-electron chi connectivity index (χ2n) is 4.88. The maximum Gasteiger partial charge on any atom is 0.285 e. The van der Waals surface area contributed by atoms with Crippen LogP contribution in [0.5, 0.6) is 0 Å². The topological polar surface area (TPSA) is 134 Å². The van der Waals surface area contributed by atoms with Crippen LogP contribution in [0.25, 0.3) is 11.0 Å². The zero-order chi connectivity index (χ0) is 17.5. The molecule has 0 saturated heterocycles. The average molecular weight is 346 g/mol. The van der Waals surface area contributed by atoms with Gasteiger partial charge in [-0.1, -0.05) is 12.1 Å². The molecule has 0 aliphatic rings. The van der Waals surface area contributed by atoms with Gasteiger partial charge in [-0.05, 0) is 24.3 Å². The summed E-state index contributed by atoms with van der Waals surface area (Å²) in [5.41, 5.74) is 5.18. The molecule has 0 bridgehead atoms. The summed E-state index contributed by atoms with van der Waals surface area (Å²) >= 11 is 0. The molecule has 9 heteroatoms. The molecule has 2 aromatic carbocycles. The summed E-state index contributed by atoms with van der Waals surface area (Å²) in [7, 11) is -4.16. The van der Waals surface area contributed by atoms with Crippen LogP contribution in [-0.2, 0) is 9.84 Å². The Hall–Kier alpha value is -3.20. The van der Waals surface area contributed by atoms with Gasteiger partial charge in [-0.25, -0.2) is 8.42 Å². The molecule has 0 fully saturated rings. The van der Waals surface area contributed by atoms with Crippen molar-refractivity contribution < 1.29 is 22.6 Å². The Bertz CT molecular complexity index is 1070. The summed E-state index contributed by atoms with van der Waals surface area (Å²) in [6.07, 6.45) is 0. The predicted octanol–water partition coefficient (Wildman–Crippen LogP) is 2.27. The SMILES string of the molecule is NC(=O)c1oc2ccccc2c1S(=O)(=O)c1ccc([N+](=O)[O-])cc1. The van der Waals surface area contributed by atoms with Crippen LogP contribution in [0.2, 0.25) is 0 Å². The molecule has 0 saturated carbocycles. The number of nitro benzene ring substituents is 1. The van der Waals surface area contributed by atoms with Gasteiger partial charge in [0.1, 0.15) is 10.5 Å². The van der Waals surface area contributed by atoms with Crippen molar-refractivity contribution in [3.63, 3.8) is 0 Å². The van der Waals surface area contributed by atoms with E-state index < -0.39 is 26.4 Å². The van der Waals surface area contributed by atoms with Gasteiger partial charge < -0.3 is 10.2 Å². The summed E-state index contributed by atoms with van der Waals surface area (Å²) in [5, 5.41) is 10.9. The molecule has 0 aliphatic heterocycles. The molecule has 1 aromatic heterocycles. The largest absolute Gasteiger partial charge is 0.449 e. The van der Waals surface area contributed by atoms with Crippen LogP contribution in [0.1, 0.15) is 10.6 Å². The molecular formula is C15H10N2O6S. The smallest absolute Gasteiger partial charge is 0.285 e. The normalized spacial score (nSPS) is 11.5. The molecule has 0 radical (unpaired) electrons. The fourth-order valence-corrected chi connectivity index (χ4v) is 3.89. The molecule has 1 heterocycles. The Labute approximate surface area is 135 Å². The summed E-state index contributed by atoms with van der Waals surface area (Å²) in [6.45, 7) is 0. The number of carbonyl (C=O) groups excluding carboxylic acids is 1. The predicted molar refractivity (Wildman–Crippen MR) is 83.3 cm³/mol. The van der Waals surface area contributed by atoms with Crippen molar-refractivity contribution in [2.45, 2.75) is 9.79 Å². The number of benzene rings is 2. The van der Waals surface area contributed by atoms with Gasteiger partial charge in [0.2, 0.25) is 15.6 Å². The molecular weight excluding hydrogens is 336 g/mol. The summed E-state index contributed by atoms with van der Waals surface area (Å²) < 4.78 is 31.0. The number of rotatable bonds is 4. The molecule has 1 amide bonds. The third-order valence-electron chi connectivity index (χ3n) is 3.40. The molecule has 24 heavy (non-hydrogen) atoms. The monoisotopic (exact) mass is 346 g/mol. The molecule has 8 nitrogen and oxygen atoms in total. The van der Waals surface area contributed by atoms with Crippen LogP contribution < -0.4 is 5.73 Å². The van der Waals surface area contributed by atoms with E-state index in [4.69, 9.17) is 10.2 Å². The van der Waals surface area contributed by atoms with Crippen LogP contribution in [0.15, 0.2) is 62.7 Å². The molecule has 3 rings (SSSR count). The lowest BCUT2D eigenvalue weighted by Gasteiger charge is -2.04. The van der Waals surface area contributed by atoms with Gasteiger partial charge in [-0.2, -0.15) is 0 Å². The molecule has 0 spiro atoms. The highest BCUT2D eigenvalue weighted by Crippen LogP contribution is 2.34. The number of hydrogen-bond donors (Lipinski definition) is 1. The number of primary amides is 1. The summed E-state index contributed by atoms with van der Waals surface area (Å²) in [5.74, 6) is -1.50. The zero-order valence-electron chi connectivity index (χ0n) is 12.0. The minimum Gasteiger partial charge on any atom is -0.449 e. The lowest BCUT2D eigenvalue weighted by molar-refractivity contribution is -0.384. The van der Waals surface area contributed by atoms with E-state index >= 15 is 0 Å². The second kappa shape index (κ2) is 5.46. The van der Waals surface area contributed by atoms with E-state index in [-0.39, 0.29) is 26.4 Å². The van der Waals surface area contributed by atoms with E-state index in [0.717, 1.165) is 24.3 Å². The maximum atomic E-state index is 12.9. The minimum absolute atomic E-state index is 0.201. The fraction of sp³-hybridized carbons (Fsp3) is 0. The van der Waals surface area contributed by atoms with Crippen LogP contribution in [-0.4, -0.2) is 19.2 Å². The number of furan rings is 1. The number of sulfone groups is 1. The molecule has 122 valence electrons. The minimum atomic E-state index is -4.16.